The Balaban J connectivity index is 1.89. The molecule has 1 aliphatic rings. The zero-order valence-corrected chi connectivity index (χ0v) is 13.3. The average Bonchev–Trinajstić information content (AvgIpc) is 3.09. The Labute approximate surface area is 137 Å². The summed E-state index contributed by atoms with van der Waals surface area (Å²) in [6.45, 7) is 0. The van der Waals surface area contributed by atoms with Crippen molar-refractivity contribution in [1.29, 1.82) is 0 Å². The van der Waals surface area contributed by atoms with Gasteiger partial charge < -0.3 is 4.74 Å². The minimum absolute atomic E-state index is 0.0125. The molecule has 0 N–H and O–H groups in total. The summed E-state index contributed by atoms with van der Waals surface area (Å²) in [5, 5.41) is 0. The van der Waals surface area contributed by atoms with Crippen LogP contribution < -0.4 is 0 Å². The van der Waals surface area contributed by atoms with Crippen molar-refractivity contribution in [2.75, 3.05) is 7.11 Å². The maximum atomic E-state index is 11.7. The van der Waals surface area contributed by atoms with Gasteiger partial charge in [-0.3, -0.25) is 9.79 Å². The molecule has 23 heavy (non-hydrogen) atoms. The molecule has 118 valence electrons. The first-order chi connectivity index (χ1) is 11.3. The first kappa shape index (κ1) is 15.5. The zero-order valence-electron chi connectivity index (χ0n) is 13.3. The molecule has 3 nitrogen and oxygen atoms in total. The van der Waals surface area contributed by atoms with E-state index in [1.807, 2.05) is 36.4 Å². The summed E-state index contributed by atoms with van der Waals surface area (Å²) < 4.78 is 4.87. The molecule has 0 bridgehead atoms. The summed E-state index contributed by atoms with van der Waals surface area (Å²) in [4.78, 5) is 16.7. The number of esters is 1. The quantitative estimate of drug-likeness (QED) is 0.635. The summed E-state index contributed by atoms with van der Waals surface area (Å²) >= 11 is 0. The van der Waals surface area contributed by atoms with Crippen LogP contribution in [0, 0.1) is 5.92 Å². The smallest absolute Gasteiger partial charge is 0.308 e. The predicted octanol–water partition coefficient (Wildman–Crippen LogP) is 3.87. The van der Waals surface area contributed by atoms with Crippen LogP contribution in [-0.4, -0.2) is 24.8 Å². The average molecular weight is 307 g/mol. The summed E-state index contributed by atoms with van der Waals surface area (Å²) in [5.41, 5.74) is 3.22. The number of ether oxygens (including phenoxy) is 1. The number of benzene rings is 2. The van der Waals surface area contributed by atoms with Crippen molar-refractivity contribution in [2.45, 2.75) is 25.3 Å². The second-order valence-corrected chi connectivity index (χ2v) is 5.90. The Kier molecular flexibility index (Phi) is 4.86. The molecule has 0 aromatic heterocycles. The molecule has 0 aliphatic heterocycles. The topological polar surface area (TPSA) is 38.7 Å². The number of carbonyl (C=O) groups excluding carboxylic acids is 1. The number of hydrogen-bond acceptors (Lipinski definition) is 3. The van der Waals surface area contributed by atoms with Crippen LogP contribution in [0.5, 0.6) is 0 Å². The molecular weight excluding hydrogens is 286 g/mol. The van der Waals surface area contributed by atoms with Gasteiger partial charge in [-0.1, -0.05) is 60.7 Å². The van der Waals surface area contributed by atoms with E-state index in [-0.39, 0.29) is 17.9 Å². The van der Waals surface area contributed by atoms with E-state index in [0.717, 1.165) is 36.1 Å². The Hall–Kier alpha value is -2.42. The van der Waals surface area contributed by atoms with Crippen molar-refractivity contribution in [1.82, 2.24) is 0 Å². The van der Waals surface area contributed by atoms with Gasteiger partial charge in [0.2, 0.25) is 0 Å². The second kappa shape index (κ2) is 7.23. The number of methoxy groups -OCH3 is 1. The van der Waals surface area contributed by atoms with E-state index in [0.29, 0.717) is 0 Å². The molecule has 1 fully saturated rings. The molecule has 2 aromatic rings. The lowest BCUT2D eigenvalue weighted by atomic mass is 10.0. The number of aliphatic imine (C=N–C) groups is 1. The van der Waals surface area contributed by atoms with E-state index >= 15 is 0 Å². The number of hydrogen-bond donors (Lipinski definition) is 0. The fourth-order valence-electron chi connectivity index (χ4n) is 3.15. The lowest BCUT2D eigenvalue weighted by molar-refractivity contribution is -0.145. The summed E-state index contributed by atoms with van der Waals surface area (Å²) in [7, 11) is 1.46. The molecule has 0 spiro atoms. The van der Waals surface area contributed by atoms with Gasteiger partial charge in [0, 0.05) is 11.1 Å². The molecular formula is C20H21NO2. The summed E-state index contributed by atoms with van der Waals surface area (Å²) in [6.07, 6.45) is 2.57. The van der Waals surface area contributed by atoms with E-state index in [1.54, 1.807) is 0 Å². The maximum Gasteiger partial charge on any atom is 0.308 e. The minimum atomic E-state index is -0.108. The third-order valence-electron chi connectivity index (χ3n) is 4.35. The van der Waals surface area contributed by atoms with Gasteiger partial charge in [0.25, 0.3) is 0 Å². The normalized spacial score (nSPS) is 20.0. The van der Waals surface area contributed by atoms with E-state index in [4.69, 9.17) is 9.73 Å². The highest BCUT2D eigenvalue weighted by Gasteiger charge is 2.30. The minimum Gasteiger partial charge on any atom is -0.469 e. The van der Waals surface area contributed by atoms with E-state index in [1.165, 1.54) is 7.11 Å². The van der Waals surface area contributed by atoms with Gasteiger partial charge >= 0.3 is 5.97 Å². The van der Waals surface area contributed by atoms with Gasteiger partial charge in [-0.05, 0) is 19.3 Å². The van der Waals surface area contributed by atoms with Crippen LogP contribution in [0.15, 0.2) is 65.7 Å². The largest absolute Gasteiger partial charge is 0.469 e. The van der Waals surface area contributed by atoms with Gasteiger partial charge in [-0.2, -0.15) is 0 Å². The van der Waals surface area contributed by atoms with Crippen molar-refractivity contribution < 1.29 is 9.53 Å². The molecule has 0 radical (unpaired) electrons. The number of nitrogens with zero attached hydrogens (tertiary/aromatic N) is 1. The van der Waals surface area contributed by atoms with Crippen molar-refractivity contribution in [3.8, 4) is 0 Å². The lowest BCUT2D eigenvalue weighted by Crippen LogP contribution is -2.14. The van der Waals surface area contributed by atoms with Crippen LogP contribution in [0.2, 0.25) is 0 Å². The van der Waals surface area contributed by atoms with Crippen LogP contribution in [0.4, 0.5) is 0 Å². The fraction of sp³-hybridized carbons (Fsp3) is 0.300. The van der Waals surface area contributed by atoms with Gasteiger partial charge in [-0.25, -0.2) is 0 Å². The molecule has 3 heteroatoms. The van der Waals surface area contributed by atoms with Crippen molar-refractivity contribution >= 4 is 11.7 Å². The van der Waals surface area contributed by atoms with Gasteiger partial charge in [-0.15, -0.1) is 0 Å². The molecule has 2 aromatic carbocycles. The molecule has 1 saturated carbocycles. The highest BCUT2D eigenvalue weighted by Crippen LogP contribution is 2.29. The molecule has 0 amide bonds. The molecule has 1 aliphatic carbocycles. The molecule has 3 rings (SSSR count). The first-order valence-electron chi connectivity index (χ1n) is 8.04. The van der Waals surface area contributed by atoms with Crippen LogP contribution in [0.1, 0.15) is 30.4 Å². The summed E-state index contributed by atoms with van der Waals surface area (Å²) in [6, 6.07) is 20.6. The third-order valence-corrected chi connectivity index (χ3v) is 4.35. The van der Waals surface area contributed by atoms with Crippen molar-refractivity contribution in [2.24, 2.45) is 10.9 Å². The zero-order chi connectivity index (χ0) is 16.1. The molecule has 0 heterocycles. The Bertz CT molecular complexity index is 638. The van der Waals surface area contributed by atoms with E-state index in [2.05, 4.69) is 24.3 Å². The van der Waals surface area contributed by atoms with E-state index in [9.17, 15) is 4.79 Å². The SMILES string of the molecule is COC(=O)C1CCC(N=C(c2ccccc2)c2ccccc2)C1. The standard InChI is InChI=1S/C20H21NO2/c1-23-20(22)17-12-13-18(14-17)21-19(15-8-4-2-5-9-15)16-10-6-3-7-11-16/h2-11,17-18H,12-14H2,1H3. The fourth-order valence-corrected chi connectivity index (χ4v) is 3.15. The van der Waals surface area contributed by atoms with Crippen LogP contribution >= 0.6 is 0 Å². The molecule has 2 unspecified atom stereocenters. The van der Waals surface area contributed by atoms with Gasteiger partial charge in [0.15, 0.2) is 0 Å². The van der Waals surface area contributed by atoms with Crippen LogP contribution in [0.3, 0.4) is 0 Å². The highest BCUT2D eigenvalue weighted by atomic mass is 16.5. The second-order valence-electron chi connectivity index (χ2n) is 5.90. The monoisotopic (exact) mass is 307 g/mol. The van der Waals surface area contributed by atoms with Gasteiger partial charge in [0.05, 0.1) is 24.8 Å². The third kappa shape index (κ3) is 3.67. The number of rotatable bonds is 4. The lowest BCUT2D eigenvalue weighted by Gasteiger charge is -2.11. The van der Waals surface area contributed by atoms with Gasteiger partial charge in [0.1, 0.15) is 0 Å². The molecule has 2 atom stereocenters. The summed E-state index contributed by atoms with van der Waals surface area (Å²) in [5.74, 6) is -0.120. The van der Waals surface area contributed by atoms with Crippen molar-refractivity contribution in [3.63, 3.8) is 0 Å². The highest BCUT2D eigenvalue weighted by molar-refractivity contribution is 6.13. The Morgan fingerprint density at radius 2 is 1.52 bits per heavy atom. The van der Waals surface area contributed by atoms with Crippen LogP contribution in [-0.2, 0) is 9.53 Å². The maximum absolute atomic E-state index is 11.7. The Morgan fingerprint density at radius 3 is 2.04 bits per heavy atom. The number of carbonyl (C=O) groups is 1. The van der Waals surface area contributed by atoms with E-state index < -0.39 is 0 Å². The first-order valence-corrected chi connectivity index (χ1v) is 8.04. The van der Waals surface area contributed by atoms with Crippen molar-refractivity contribution in [3.05, 3.63) is 71.8 Å². The van der Waals surface area contributed by atoms with Crippen LogP contribution in [0.25, 0.3) is 0 Å². The molecule has 0 saturated heterocycles. The Morgan fingerprint density at radius 1 is 0.957 bits per heavy atom. The predicted molar refractivity (Wildman–Crippen MR) is 91.7 cm³/mol.